The number of nitrogens with one attached hydrogen (secondary N) is 2. The molecule has 8 rings (SSSR count). The molecule has 0 spiro atoms. The molecule has 0 bridgehead atoms. The van der Waals surface area contributed by atoms with Gasteiger partial charge in [0.15, 0.2) is 23.3 Å². The molecule has 6 aromatic rings. The van der Waals surface area contributed by atoms with Gasteiger partial charge in [-0.1, -0.05) is 140 Å². The Bertz CT molecular complexity index is 3980. The van der Waals surface area contributed by atoms with Crippen LogP contribution in [-0.2, 0) is 88.1 Å². The van der Waals surface area contributed by atoms with E-state index in [4.69, 9.17) is 23.7 Å². The largest absolute Gasteiger partial charge is 0.486 e. The van der Waals surface area contributed by atoms with Gasteiger partial charge in [0.05, 0.1) is 22.3 Å². The lowest BCUT2D eigenvalue weighted by Gasteiger charge is -2.40. The fourth-order valence-corrected chi connectivity index (χ4v) is 13.6. The molecular weight excluding hydrogens is 1320 g/mol. The van der Waals surface area contributed by atoms with Crippen molar-refractivity contribution >= 4 is 55.3 Å². The van der Waals surface area contributed by atoms with E-state index in [9.17, 15) is 67.5 Å². The first-order chi connectivity index (χ1) is 45.2. The van der Waals surface area contributed by atoms with Crippen molar-refractivity contribution in [1.29, 1.82) is 0 Å². The number of sulfonamides is 2. The molecule has 0 radical (unpaired) electrons. The summed E-state index contributed by atoms with van der Waals surface area (Å²) in [5, 5.41) is 8.20. The molecule has 18 nitrogen and oxygen atoms in total. The number of benzene rings is 4. The molecule has 0 fully saturated rings. The number of carboxylic acid groups (broad SMARTS) is 1. The molecule has 2 aliphatic heterocycles. The summed E-state index contributed by atoms with van der Waals surface area (Å²) in [4.78, 5) is 59.1. The number of rotatable bonds is 28. The predicted molar refractivity (Wildman–Crippen MR) is 358 cm³/mol. The number of halogens is 6. The smallest absolute Gasteiger partial charge is 0.417 e. The Hall–Kier alpha value is -8.78. The minimum atomic E-state index is -4.67. The van der Waals surface area contributed by atoms with Crippen molar-refractivity contribution < 1.29 is 91.1 Å². The van der Waals surface area contributed by atoms with E-state index in [-0.39, 0.29) is 56.0 Å². The normalized spacial score (nSPS) is 17.3. The Kier molecular flexibility index (Phi) is 27.8. The Morgan fingerprint density at radius 3 is 1.28 bits per heavy atom. The van der Waals surface area contributed by atoms with Crippen molar-refractivity contribution in [2.24, 2.45) is 0 Å². The van der Waals surface area contributed by atoms with Crippen molar-refractivity contribution in [3.05, 3.63) is 202 Å². The lowest BCUT2D eigenvalue weighted by Crippen LogP contribution is -2.42. The fourth-order valence-electron chi connectivity index (χ4n) is 11.6. The van der Waals surface area contributed by atoms with Crippen molar-refractivity contribution in [3.8, 4) is 0 Å². The van der Waals surface area contributed by atoms with E-state index >= 15 is 0 Å². The Morgan fingerprint density at radius 1 is 0.561 bits per heavy atom. The molecule has 4 atom stereocenters. The lowest BCUT2D eigenvalue weighted by atomic mass is 9.80. The Balaban J connectivity index is 0.000000348. The van der Waals surface area contributed by atoms with Gasteiger partial charge in [-0.25, -0.2) is 29.1 Å². The highest BCUT2D eigenvalue weighted by Gasteiger charge is 2.46. The molecule has 2 aromatic heterocycles. The van der Waals surface area contributed by atoms with E-state index in [1.54, 1.807) is 45.0 Å². The van der Waals surface area contributed by atoms with Crippen LogP contribution < -0.4 is 9.44 Å². The van der Waals surface area contributed by atoms with Gasteiger partial charge in [-0.05, 0) is 143 Å². The first-order valence-electron chi connectivity index (χ1n) is 31.2. The molecule has 0 amide bonds. The third kappa shape index (κ3) is 21.9. The highest BCUT2D eigenvalue weighted by atomic mass is 32.2. The van der Waals surface area contributed by atoms with Gasteiger partial charge in [0.2, 0.25) is 0 Å². The standard InChI is InChI=1S/C37H43F3N2O7S.C33H35F3N2O7S.2CH4/c1-6-19-36(20-18-25-12-9-8-10-13-25)22-30(47-24-32(43)48-35(3,4)5)33(34(44)49-36)29(7-2)26-14-11-15-28(21-26)42-50(45,46)31-17-16-27(23-41-31)37(38,39)40;1-3-16-32(17-15-22-9-6-5-7-10-22)19-27(44-21-29(39)40)30(31(41)45-32)26(4-2)23-11-8-12-25(18-23)38-46(42,43)28-14-13-24(20-37-28)33(34,35)36;;/h8-17,21,23,29,42H,6-7,18-20,22,24H2,1-5H3;5-14,18,20,26,38H,3-4,15-17,19,21H2,1-2H3,(H,39,40);2*1H4/t29-,36-;26-,32-;;/m11../s1. The fraction of sp³-hybridized carbons (Fsp3) is 0.417. The van der Waals surface area contributed by atoms with Crippen LogP contribution in [0.15, 0.2) is 179 Å². The van der Waals surface area contributed by atoms with Crippen LogP contribution >= 0.6 is 0 Å². The summed E-state index contributed by atoms with van der Waals surface area (Å²) < 4.78 is 164. The second-order valence-corrected chi connectivity index (χ2v) is 27.6. The molecule has 0 aliphatic carbocycles. The number of esters is 3. The van der Waals surface area contributed by atoms with Gasteiger partial charge in [-0.2, -0.15) is 43.2 Å². The molecule has 0 saturated carbocycles. The predicted octanol–water partition coefficient (Wildman–Crippen LogP) is 16.3. The Morgan fingerprint density at radius 2 is 0.949 bits per heavy atom. The number of hydrogen-bond donors (Lipinski definition) is 3. The quantitative estimate of drug-likeness (QED) is 0.0234. The van der Waals surface area contributed by atoms with Gasteiger partial charge in [-0.15, -0.1) is 0 Å². The number of nitrogens with zero attached hydrogens (tertiary/aromatic N) is 2. The number of aromatic nitrogens is 2. The van der Waals surface area contributed by atoms with Crippen LogP contribution in [-0.4, -0.2) is 85.8 Å². The number of carbonyl (C=O) groups excluding carboxylic acids is 3. The Labute approximate surface area is 569 Å². The summed E-state index contributed by atoms with van der Waals surface area (Å²) in [5.41, 5.74) is -0.957. The van der Waals surface area contributed by atoms with Crippen LogP contribution in [0.1, 0.15) is 173 Å². The first kappa shape index (κ1) is 79.9. The number of cyclic esters (lactones) is 2. The summed E-state index contributed by atoms with van der Waals surface area (Å²) in [7, 11) is -8.73. The number of pyridine rings is 2. The van der Waals surface area contributed by atoms with E-state index in [0.717, 1.165) is 29.7 Å². The lowest BCUT2D eigenvalue weighted by molar-refractivity contribution is -0.166. The summed E-state index contributed by atoms with van der Waals surface area (Å²) in [6, 6.07) is 34.9. The maximum absolute atomic E-state index is 14.1. The summed E-state index contributed by atoms with van der Waals surface area (Å²) in [6.07, 6.45) is -2.51. The second-order valence-electron chi connectivity index (χ2n) is 24.4. The minimum absolute atomic E-state index is 0. The van der Waals surface area contributed by atoms with Crippen LogP contribution in [0.4, 0.5) is 37.7 Å². The third-order valence-electron chi connectivity index (χ3n) is 15.9. The molecule has 4 aromatic carbocycles. The van der Waals surface area contributed by atoms with Gasteiger partial charge >= 0.3 is 36.2 Å². The van der Waals surface area contributed by atoms with Crippen LogP contribution in [0.2, 0.25) is 0 Å². The maximum atomic E-state index is 14.1. The van der Waals surface area contributed by atoms with E-state index < -0.39 is 119 Å². The first-order valence-corrected chi connectivity index (χ1v) is 34.2. The molecule has 2 aliphatic rings. The van der Waals surface area contributed by atoms with Crippen molar-refractivity contribution in [2.45, 2.75) is 191 Å². The SMILES string of the molecule is C.C.CCC[C@@]1(CCc2ccccc2)CC(OCC(=O)O)=C([C@H](CC)c2cccc(NS(=O)(=O)c3ccc(C(F)(F)F)cn3)c2)C(=O)O1.CCC[C@@]1(CCc2ccccc2)CC(OCC(=O)OC(C)(C)C)=C([C@H](CC)c2cccc(NS(=O)(=O)c3ccc(C(F)(F)F)cn3)c2)C(=O)O1. The van der Waals surface area contributed by atoms with E-state index in [1.165, 1.54) is 24.3 Å². The van der Waals surface area contributed by atoms with Gasteiger partial charge in [0, 0.05) is 48.4 Å². The zero-order valence-electron chi connectivity index (χ0n) is 54.1. The van der Waals surface area contributed by atoms with Crippen LogP contribution in [0.25, 0.3) is 0 Å². The van der Waals surface area contributed by atoms with Crippen LogP contribution in [0.3, 0.4) is 0 Å². The number of anilines is 2. The summed E-state index contributed by atoms with van der Waals surface area (Å²) in [5.74, 6) is -3.80. The minimum Gasteiger partial charge on any atom is -0.486 e. The molecule has 0 saturated heterocycles. The molecule has 26 heteroatoms. The zero-order chi connectivity index (χ0) is 70.3. The van der Waals surface area contributed by atoms with Crippen molar-refractivity contribution in [1.82, 2.24) is 9.97 Å². The molecule has 4 heterocycles. The highest BCUT2D eigenvalue weighted by Crippen LogP contribution is 2.46. The third-order valence-corrected chi connectivity index (χ3v) is 18.5. The van der Waals surface area contributed by atoms with Gasteiger partial charge in [0.1, 0.15) is 28.3 Å². The maximum Gasteiger partial charge on any atom is 0.417 e. The molecular formula is C72H86F6N4O14S2. The number of carboxylic acids is 1. The highest BCUT2D eigenvalue weighted by molar-refractivity contribution is 7.93. The number of ether oxygens (including phenoxy) is 5. The molecule has 532 valence electrons. The number of alkyl halides is 6. The second kappa shape index (κ2) is 34.1. The molecule has 0 unspecified atom stereocenters. The van der Waals surface area contributed by atoms with Gasteiger partial charge in [0.25, 0.3) is 20.0 Å². The van der Waals surface area contributed by atoms with Gasteiger partial charge < -0.3 is 28.8 Å². The average Bonchev–Trinajstić information content (AvgIpc) is 0.776. The number of aliphatic carboxylic acids is 1. The number of carbonyl (C=O) groups is 4. The zero-order valence-corrected chi connectivity index (χ0v) is 55.8. The summed E-state index contributed by atoms with van der Waals surface area (Å²) >= 11 is 0. The monoisotopic (exact) mass is 1410 g/mol. The number of aryl methyl sites for hydroxylation is 2. The van der Waals surface area contributed by atoms with Crippen LogP contribution in [0.5, 0.6) is 0 Å². The van der Waals surface area contributed by atoms with E-state index in [0.29, 0.717) is 99.2 Å². The molecule has 3 N–H and O–H groups in total. The van der Waals surface area contributed by atoms with E-state index in [2.05, 4.69) is 19.4 Å². The van der Waals surface area contributed by atoms with Crippen molar-refractivity contribution in [2.75, 3.05) is 22.7 Å². The summed E-state index contributed by atoms with van der Waals surface area (Å²) in [6.45, 7) is 11.8. The average molecular weight is 1410 g/mol. The van der Waals surface area contributed by atoms with Crippen molar-refractivity contribution in [3.63, 3.8) is 0 Å². The van der Waals surface area contributed by atoms with Crippen LogP contribution in [0, 0.1) is 0 Å². The van der Waals surface area contributed by atoms with Gasteiger partial charge in [-0.3, -0.25) is 9.44 Å². The topological polar surface area (TPSA) is 253 Å². The van der Waals surface area contributed by atoms with E-state index in [1.807, 2.05) is 88.4 Å². The number of hydrogen-bond acceptors (Lipinski definition) is 15. The molecule has 98 heavy (non-hydrogen) atoms.